The van der Waals surface area contributed by atoms with Crippen molar-refractivity contribution in [3.63, 3.8) is 0 Å². The van der Waals surface area contributed by atoms with Gasteiger partial charge in [-0.25, -0.2) is 0 Å². The van der Waals surface area contributed by atoms with Gasteiger partial charge >= 0.3 is 0 Å². The molecule has 1 aromatic carbocycles. The van der Waals surface area contributed by atoms with Gasteiger partial charge in [-0.15, -0.1) is 11.3 Å². The van der Waals surface area contributed by atoms with E-state index in [-0.39, 0.29) is 11.8 Å². The van der Waals surface area contributed by atoms with E-state index in [0.717, 1.165) is 16.0 Å². The topological polar surface area (TPSA) is 37.4 Å². The zero-order valence-corrected chi connectivity index (χ0v) is 11.2. The molecule has 19 heavy (non-hydrogen) atoms. The Morgan fingerprint density at radius 2 is 1.58 bits per heavy atom. The number of rotatable bonds is 2. The Bertz CT molecular complexity index is 582. The van der Waals surface area contributed by atoms with E-state index in [0.29, 0.717) is 19.4 Å². The number of hydrogen-bond acceptors (Lipinski definition) is 3. The molecule has 3 rings (SSSR count). The minimum Gasteiger partial charge on any atom is -0.277 e. The Labute approximate surface area is 115 Å². The molecule has 0 radical (unpaired) electrons. The Morgan fingerprint density at radius 1 is 0.947 bits per heavy atom. The lowest BCUT2D eigenvalue weighted by atomic mass is 10.0. The van der Waals surface area contributed by atoms with E-state index in [1.54, 1.807) is 11.3 Å². The predicted molar refractivity (Wildman–Crippen MR) is 73.7 cm³/mol. The maximum absolute atomic E-state index is 12.2. The summed E-state index contributed by atoms with van der Waals surface area (Å²) in [7, 11) is 0. The molecular weight excluding hydrogens is 258 g/mol. The summed E-state index contributed by atoms with van der Waals surface area (Å²) in [6, 6.07) is 11.5. The molecule has 0 spiro atoms. The number of hydrogen-bond donors (Lipinski definition) is 0. The van der Waals surface area contributed by atoms with Crippen molar-refractivity contribution in [2.45, 2.75) is 19.4 Å². The highest BCUT2D eigenvalue weighted by Crippen LogP contribution is 2.20. The molecule has 1 aliphatic heterocycles. The summed E-state index contributed by atoms with van der Waals surface area (Å²) >= 11 is 1.57. The van der Waals surface area contributed by atoms with Gasteiger partial charge in [0.05, 0.1) is 19.4 Å². The fraction of sp³-hybridized carbons (Fsp3) is 0.200. The van der Waals surface area contributed by atoms with Crippen molar-refractivity contribution < 1.29 is 9.59 Å². The van der Waals surface area contributed by atoms with Crippen LogP contribution in [0.15, 0.2) is 41.8 Å². The zero-order chi connectivity index (χ0) is 13.2. The number of thiophene rings is 1. The van der Waals surface area contributed by atoms with Crippen LogP contribution in [0.2, 0.25) is 0 Å². The van der Waals surface area contributed by atoms with E-state index < -0.39 is 0 Å². The van der Waals surface area contributed by atoms with Gasteiger partial charge in [0.25, 0.3) is 0 Å². The second-order valence-electron chi connectivity index (χ2n) is 4.58. The van der Waals surface area contributed by atoms with E-state index >= 15 is 0 Å². The summed E-state index contributed by atoms with van der Waals surface area (Å²) in [5, 5.41) is 1.96. The largest absolute Gasteiger partial charge is 0.277 e. The number of carbonyl (C=O) groups excluding carboxylic acids is 2. The van der Waals surface area contributed by atoms with Gasteiger partial charge < -0.3 is 0 Å². The minimum atomic E-state index is -0.108. The molecule has 0 saturated carbocycles. The average Bonchev–Trinajstić information content (AvgIpc) is 2.87. The van der Waals surface area contributed by atoms with Crippen LogP contribution in [0.5, 0.6) is 0 Å². The molecule has 2 heterocycles. The maximum Gasteiger partial charge on any atom is 0.233 e. The molecule has 4 heteroatoms. The molecule has 2 amide bonds. The second-order valence-corrected chi connectivity index (χ2v) is 5.61. The summed E-state index contributed by atoms with van der Waals surface area (Å²) in [6.07, 6.45) is 0.626. The lowest BCUT2D eigenvalue weighted by molar-refractivity contribution is -0.144. The summed E-state index contributed by atoms with van der Waals surface area (Å²) in [6.45, 7) is 0.392. The first kappa shape index (κ1) is 12.1. The molecule has 0 aliphatic carbocycles. The van der Waals surface area contributed by atoms with Crippen LogP contribution >= 0.6 is 11.3 Å². The summed E-state index contributed by atoms with van der Waals surface area (Å²) in [4.78, 5) is 26.9. The molecule has 0 N–H and O–H groups in total. The number of fused-ring (bicyclic) bond motifs is 1. The molecule has 0 atom stereocenters. The fourth-order valence-electron chi connectivity index (χ4n) is 2.29. The van der Waals surface area contributed by atoms with E-state index in [2.05, 4.69) is 0 Å². The summed E-state index contributed by atoms with van der Waals surface area (Å²) in [5.74, 6) is -0.216. The summed E-state index contributed by atoms with van der Waals surface area (Å²) < 4.78 is 0. The van der Waals surface area contributed by atoms with Crippen LogP contribution in [-0.4, -0.2) is 16.7 Å². The quantitative estimate of drug-likeness (QED) is 0.787. The highest BCUT2D eigenvalue weighted by atomic mass is 32.1. The van der Waals surface area contributed by atoms with Gasteiger partial charge in [0, 0.05) is 4.88 Å². The Kier molecular flexibility index (Phi) is 3.17. The van der Waals surface area contributed by atoms with E-state index in [1.165, 1.54) is 4.90 Å². The molecule has 0 fully saturated rings. The smallest absolute Gasteiger partial charge is 0.233 e. The van der Waals surface area contributed by atoms with Gasteiger partial charge in [0.1, 0.15) is 0 Å². The Morgan fingerprint density at radius 3 is 2.11 bits per heavy atom. The third-order valence-electron chi connectivity index (χ3n) is 3.30. The van der Waals surface area contributed by atoms with Crippen molar-refractivity contribution >= 4 is 23.2 Å². The molecule has 3 nitrogen and oxygen atoms in total. The number of benzene rings is 1. The van der Waals surface area contributed by atoms with Crippen molar-refractivity contribution in [3.8, 4) is 0 Å². The first-order valence-corrected chi connectivity index (χ1v) is 7.04. The molecule has 96 valence electrons. The van der Waals surface area contributed by atoms with E-state index in [9.17, 15) is 9.59 Å². The first-order chi connectivity index (χ1) is 9.24. The van der Waals surface area contributed by atoms with Crippen LogP contribution < -0.4 is 0 Å². The highest BCUT2D eigenvalue weighted by Gasteiger charge is 2.27. The molecule has 2 aromatic rings. The predicted octanol–water partition coefficient (Wildman–Crippen LogP) is 2.40. The van der Waals surface area contributed by atoms with E-state index in [4.69, 9.17) is 0 Å². The van der Waals surface area contributed by atoms with Crippen molar-refractivity contribution in [1.82, 2.24) is 4.90 Å². The Hall–Kier alpha value is -1.94. The fourth-order valence-corrected chi connectivity index (χ4v) is 2.99. The second kappa shape index (κ2) is 4.97. The van der Waals surface area contributed by atoms with E-state index in [1.807, 2.05) is 41.8 Å². The number of imide groups is 1. The van der Waals surface area contributed by atoms with Crippen LogP contribution in [0.25, 0.3) is 0 Å². The highest BCUT2D eigenvalue weighted by molar-refractivity contribution is 7.09. The van der Waals surface area contributed by atoms with Gasteiger partial charge in [-0.05, 0) is 22.6 Å². The number of nitrogens with zero attached hydrogens (tertiary/aromatic N) is 1. The lowest BCUT2D eigenvalue weighted by Crippen LogP contribution is -2.36. The van der Waals surface area contributed by atoms with Gasteiger partial charge in [-0.1, -0.05) is 30.3 Å². The first-order valence-electron chi connectivity index (χ1n) is 6.16. The van der Waals surface area contributed by atoms with Gasteiger partial charge in [-0.3, -0.25) is 14.5 Å². The maximum atomic E-state index is 12.2. The molecule has 1 aromatic heterocycles. The average molecular weight is 271 g/mol. The lowest BCUT2D eigenvalue weighted by Gasteiger charge is -2.17. The van der Waals surface area contributed by atoms with Gasteiger partial charge in [0.15, 0.2) is 0 Å². The Balaban J connectivity index is 1.88. The monoisotopic (exact) mass is 271 g/mol. The van der Waals surface area contributed by atoms with Crippen molar-refractivity contribution in [3.05, 3.63) is 57.8 Å². The zero-order valence-electron chi connectivity index (χ0n) is 10.3. The SMILES string of the molecule is O=C1Cc2ccccc2CC(=O)N1Cc1cccs1. The van der Waals surface area contributed by atoms with Crippen LogP contribution in [0.1, 0.15) is 16.0 Å². The molecule has 0 saturated heterocycles. The van der Waals surface area contributed by atoms with Crippen LogP contribution in [0.3, 0.4) is 0 Å². The standard InChI is InChI=1S/C15H13NO2S/c17-14-8-11-4-1-2-5-12(11)9-15(18)16(14)10-13-6-3-7-19-13/h1-7H,8-10H2. The number of amides is 2. The third kappa shape index (κ3) is 2.44. The molecule has 1 aliphatic rings. The van der Waals surface area contributed by atoms with Crippen LogP contribution in [0.4, 0.5) is 0 Å². The van der Waals surface area contributed by atoms with Crippen molar-refractivity contribution in [1.29, 1.82) is 0 Å². The van der Waals surface area contributed by atoms with Crippen molar-refractivity contribution in [2.24, 2.45) is 0 Å². The van der Waals surface area contributed by atoms with Gasteiger partial charge in [0.2, 0.25) is 11.8 Å². The van der Waals surface area contributed by atoms with Crippen molar-refractivity contribution in [2.75, 3.05) is 0 Å². The number of carbonyl (C=O) groups is 2. The minimum absolute atomic E-state index is 0.108. The third-order valence-corrected chi connectivity index (χ3v) is 4.16. The molecule has 0 unspecified atom stereocenters. The summed E-state index contributed by atoms with van der Waals surface area (Å²) in [5.41, 5.74) is 1.93. The molecular formula is C15H13NO2S. The van der Waals surface area contributed by atoms with Crippen LogP contribution in [0, 0.1) is 0 Å². The normalized spacial score (nSPS) is 15.3. The molecule has 0 bridgehead atoms. The van der Waals surface area contributed by atoms with Crippen LogP contribution in [-0.2, 0) is 29.0 Å². The van der Waals surface area contributed by atoms with Gasteiger partial charge in [-0.2, -0.15) is 0 Å².